The molecule has 0 radical (unpaired) electrons. The van der Waals surface area contributed by atoms with E-state index in [2.05, 4.69) is 0 Å². The van der Waals surface area contributed by atoms with E-state index in [0.29, 0.717) is 16.7 Å². The van der Waals surface area contributed by atoms with Gasteiger partial charge in [0.1, 0.15) is 17.2 Å². The van der Waals surface area contributed by atoms with Gasteiger partial charge in [0.25, 0.3) is 0 Å². The van der Waals surface area contributed by atoms with E-state index in [9.17, 15) is 9.18 Å². The molecule has 1 heterocycles. The van der Waals surface area contributed by atoms with Crippen LogP contribution >= 0.6 is 0 Å². The third-order valence-electron chi connectivity index (χ3n) is 3.22. The third-order valence-corrected chi connectivity index (χ3v) is 3.22. The first-order chi connectivity index (χ1) is 9.54. The van der Waals surface area contributed by atoms with Crippen LogP contribution in [0.25, 0.3) is 22.3 Å². The Morgan fingerprint density at radius 3 is 2.65 bits per heavy atom. The first-order valence-corrected chi connectivity index (χ1v) is 6.08. The van der Waals surface area contributed by atoms with Gasteiger partial charge in [-0.25, -0.2) is 9.18 Å². The summed E-state index contributed by atoms with van der Waals surface area (Å²) in [6.07, 6.45) is 0. The minimum atomic E-state index is -0.966. The number of furan rings is 1. The SMILES string of the molecule is Cc1cc(C(=O)O)ccc1-c1cc2cc(F)ccc2o1. The number of aryl methyl sites for hydroxylation is 1. The molecule has 0 saturated heterocycles. The summed E-state index contributed by atoms with van der Waals surface area (Å²) in [5, 5.41) is 9.63. The number of carboxylic acid groups (broad SMARTS) is 1. The molecule has 0 fully saturated rings. The number of benzene rings is 2. The smallest absolute Gasteiger partial charge is 0.335 e. The Bertz CT molecular complexity index is 818. The van der Waals surface area contributed by atoms with Crippen LogP contribution in [-0.2, 0) is 0 Å². The molecule has 4 heteroatoms. The number of carboxylic acids is 1. The van der Waals surface area contributed by atoms with E-state index in [1.807, 2.05) is 6.92 Å². The van der Waals surface area contributed by atoms with Crippen LogP contribution < -0.4 is 0 Å². The minimum Gasteiger partial charge on any atom is -0.478 e. The first kappa shape index (κ1) is 12.4. The molecule has 0 spiro atoms. The number of halogens is 1. The van der Waals surface area contributed by atoms with E-state index in [1.54, 1.807) is 24.3 Å². The lowest BCUT2D eigenvalue weighted by Crippen LogP contribution is -1.96. The summed E-state index contributed by atoms with van der Waals surface area (Å²) >= 11 is 0. The summed E-state index contributed by atoms with van der Waals surface area (Å²) in [6.45, 7) is 1.82. The lowest BCUT2D eigenvalue weighted by molar-refractivity contribution is 0.0697. The molecule has 1 aromatic heterocycles. The molecule has 0 aliphatic rings. The molecule has 3 nitrogen and oxygen atoms in total. The molecule has 2 aromatic carbocycles. The minimum absolute atomic E-state index is 0.230. The Morgan fingerprint density at radius 1 is 1.15 bits per heavy atom. The van der Waals surface area contributed by atoms with Crippen LogP contribution in [0.2, 0.25) is 0 Å². The van der Waals surface area contributed by atoms with E-state index in [1.165, 1.54) is 18.2 Å². The summed E-state index contributed by atoms with van der Waals surface area (Å²) in [5.41, 5.74) is 2.42. The highest BCUT2D eigenvalue weighted by molar-refractivity contribution is 5.89. The van der Waals surface area contributed by atoms with Gasteiger partial charge in [-0.15, -0.1) is 0 Å². The standard InChI is InChI=1S/C16H11FO3/c1-9-6-10(16(18)19)2-4-13(9)15-8-11-7-12(17)3-5-14(11)20-15/h2-8H,1H3,(H,18,19). The van der Waals surface area contributed by atoms with Crippen molar-refractivity contribution in [2.24, 2.45) is 0 Å². The number of fused-ring (bicyclic) bond motifs is 1. The fraction of sp³-hybridized carbons (Fsp3) is 0.0625. The van der Waals surface area contributed by atoms with Crippen molar-refractivity contribution in [2.45, 2.75) is 6.92 Å². The Labute approximate surface area is 114 Å². The predicted octanol–water partition coefficient (Wildman–Crippen LogP) is 4.25. The second-order valence-corrected chi connectivity index (χ2v) is 4.63. The molecule has 100 valence electrons. The molecule has 3 rings (SSSR count). The highest BCUT2D eigenvalue weighted by Crippen LogP contribution is 2.30. The van der Waals surface area contributed by atoms with Crippen molar-refractivity contribution in [2.75, 3.05) is 0 Å². The molecule has 0 bridgehead atoms. The van der Waals surface area contributed by atoms with Gasteiger partial charge in [0.05, 0.1) is 5.56 Å². The van der Waals surface area contributed by atoms with E-state index in [0.717, 1.165) is 11.1 Å². The number of hydrogen-bond donors (Lipinski definition) is 1. The van der Waals surface area contributed by atoms with Gasteiger partial charge in [-0.1, -0.05) is 6.07 Å². The third kappa shape index (κ3) is 2.05. The zero-order valence-corrected chi connectivity index (χ0v) is 10.7. The lowest BCUT2D eigenvalue weighted by atomic mass is 10.0. The fourth-order valence-corrected chi connectivity index (χ4v) is 2.22. The van der Waals surface area contributed by atoms with Crippen LogP contribution in [0.3, 0.4) is 0 Å². The van der Waals surface area contributed by atoms with Crippen LogP contribution in [0.1, 0.15) is 15.9 Å². The molecule has 0 aliphatic carbocycles. The highest BCUT2D eigenvalue weighted by Gasteiger charge is 2.11. The average molecular weight is 270 g/mol. The summed E-state index contributed by atoms with van der Waals surface area (Å²) in [7, 11) is 0. The summed E-state index contributed by atoms with van der Waals surface area (Å²) < 4.78 is 18.8. The molecule has 1 N–H and O–H groups in total. The van der Waals surface area contributed by atoms with Gasteiger partial charge in [0, 0.05) is 10.9 Å². The fourth-order valence-electron chi connectivity index (χ4n) is 2.22. The predicted molar refractivity (Wildman–Crippen MR) is 73.3 cm³/mol. The zero-order valence-electron chi connectivity index (χ0n) is 10.7. The number of hydrogen-bond acceptors (Lipinski definition) is 2. The van der Waals surface area contributed by atoms with E-state index in [4.69, 9.17) is 9.52 Å². The van der Waals surface area contributed by atoms with Crippen molar-refractivity contribution in [1.29, 1.82) is 0 Å². The Morgan fingerprint density at radius 2 is 1.95 bits per heavy atom. The van der Waals surface area contributed by atoms with Crippen molar-refractivity contribution in [3.8, 4) is 11.3 Å². The Kier molecular flexibility index (Phi) is 2.79. The maximum absolute atomic E-state index is 13.2. The maximum Gasteiger partial charge on any atom is 0.335 e. The van der Waals surface area contributed by atoms with Gasteiger partial charge in [-0.05, 0) is 48.9 Å². The number of aromatic carboxylic acids is 1. The van der Waals surface area contributed by atoms with Gasteiger partial charge in [0.15, 0.2) is 0 Å². The largest absolute Gasteiger partial charge is 0.478 e. The molecule has 0 unspecified atom stereocenters. The number of carbonyl (C=O) groups is 1. The Balaban J connectivity index is 2.13. The molecule has 20 heavy (non-hydrogen) atoms. The van der Waals surface area contributed by atoms with Crippen molar-refractivity contribution >= 4 is 16.9 Å². The topological polar surface area (TPSA) is 50.4 Å². The highest BCUT2D eigenvalue weighted by atomic mass is 19.1. The van der Waals surface area contributed by atoms with Crippen LogP contribution in [0, 0.1) is 12.7 Å². The van der Waals surface area contributed by atoms with Gasteiger partial charge in [0.2, 0.25) is 0 Å². The van der Waals surface area contributed by atoms with Crippen LogP contribution in [0.4, 0.5) is 4.39 Å². The first-order valence-electron chi connectivity index (χ1n) is 6.08. The normalized spacial score (nSPS) is 10.9. The van der Waals surface area contributed by atoms with E-state index in [-0.39, 0.29) is 11.4 Å². The van der Waals surface area contributed by atoms with Crippen LogP contribution in [0.15, 0.2) is 46.9 Å². The molecule has 0 atom stereocenters. The van der Waals surface area contributed by atoms with Crippen molar-refractivity contribution < 1.29 is 18.7 Å². The van der Waals surface area contributed by atoms with E-state index < -0.39 is 5.97 Å². The summed E-state index contributed by atoms with van der Waals surface area (Å²) in [6, 6.07) is 10.9. The molecule has 0 amide bonds. The van der Waals surface area contributed by atoms with Crippen molar-refractivity contribution in [3.63, 3.8) is 0 Å². The van der Waals surface area contributed by atoms with Gasteiger partial charge < -0.3 is 9.52 Å². The lowest BCUT2D eigenvalue weighted by Gasteiger charge is -2.03. The molecule has 0 saturated carbocycles. The summed E-state index contributed by atoms with van der Waals surface area (Å²) in [5.74, 6) is -0.686. The molecular formula is C16H11FO3. The Hall–Kier alpha value is -2.62. The molecule has 3 aromatic rings. The summed E-state index contributed by atoms with van der Waals surface area (Å²) in [4.78, 5) is 10.9. The van der Waals surface area contributed by atoms with Gasteiger partial charge in [-0.2, -0.15) is 0 Å². The van der Waals surface area contributed by atoms with E-state index >= 15 is 0 Å². The molecular weight excluding hydrogens is 259 g/mol. The second-order valence-electron chi connectivity index (χ2n) is 4.63. The average Bonchev–Trinajstić information content (AvgIpc) is 2.80. The molecule has 0 aliphatic heterocycles. The van der Waals surface area contributed by atoms with Crippen molar-refractivity contribution in [3.05, 3.63) is 59.4 Å². The van der Waals surface area contributed by atoms with Gasteiger partial charge >= 0.3 is 5.97 Å². The second kappa shape index (κ2) is 4.49. The maximum atomic E-state index is 13.2. The zero-order chi connectivity index (χ0) is 14.3. The van der Waals surface area contributed by atoms with Gasteiger partial charge in [-0.3, -0.25) is 0 Å². The quantitative estimate of drug-likeness (QED) is 0.757. The monoisotopic (exact) mass is 270 g/mol. The van der Waals surface area contributed by atoms with Crippen LogP contribution in [-0.4, -0.2) is 11.1 Å². The van der Waals surface area contributed by atoms with Crippen molar-refractivity contribution in [1.82, 2.24) is 0 Å². The number of rotatable bonds is 2. The van der Waals surface area contributed by atoms with Crippen LogP contribution in [0.5, 0.6) is 0 Å².